The van der Waals surface area contributed by atoms with Gasteiger partial charge < -0.3 is 10.6 Å². The molecule has 6 nitrogen and oxygen atoms in total. The third-order valence-corrected chi connectivity index (χ3v) is 5.91. The Balaban J connectivity index is 2.11. The van der Waals surface area contributed by atoms with Gasteiger partial charge in [0, 0.05) is 18.6 Å². The lowest BCUT2D eigenvalue weighted by Gasteiger charge is -2.21. The van der Waals surface area contributed by atoms with Crippen molar-refractivity contribution in [3.8, 4) is 0 Å². The molecule has 0 radical (unpaired) electrons. The van der Waals surface area contributed by atoms with Gasteiger partial charge in [-0.2, -0.15) is 0 Å². The number of hydrogen-bond donors (Lipinski definition) is 3. The Morgan fingerprint density at radius 3 is 2.47 bits per heavy atom. The SMILES string of the molecule is CCNC(=NCc1ccccc1S(=O)(=O)NC(C)(C)C)NCCc1cccc(F)c1. The Hall–Kier alpha value is -2.45. The van der Waals surface area contributed by atoms with Crippen molar-refractivity contribution >= 4 is 16.0 Å². The van der Waals surface area contributed by atoms with Crippen LogP contribution in [0.3, 0.4) is 0 Å². The number of nitrogens with zero attached hydrogens (tertiary/aromatic N) is 1. The molecule has 0 aliphatic carbocycles. The van der Waals surface area contributed by atoms with E-state index in [2.05, 4.69) is 20.3 Å². The van der Waals surface area contributed by atoms with E-state index in [0.717, 1.165) is 5.56 Å². The third-order valence-electron chi connectivity index (χ3n) is 4.05. The van der Waals surface area contributed by atoms with Crippen molar-refractivity contribution in [1.82, 2.24) is 15.4 Å². The molecule has 0 fully saturated rings. The maximum atomic E-state index is 13.3. The zero-order valence-electron chi connectivity index (χ0n) is 18.0. The van der Waals surface area contributed by atoms with Gasteiger partial charge in [0.25, 0.3) is 0 Å². The van der Waals surface area contributed by atoms with E-state index in [1.165, 1.54) is 12.1 Å². The first-order valence-electron chi connectivity index (χ1n) is 9.99. The van der Waals surface area contributed by atoms with E-state index in [0.29, 0.717) is 31.0 Å². The predicted octanol–water partition coefficient (Wildman–Crippen LogP) is 3.20. The molecule has 0 heterocycles. The Bertz CT molecular complexity index is 969. The molecule has 0 spiro atoms. The quantitative estimate of drug-likeness (QED) is 0.440. The van der Waals surface area contributed by atoms with E-state index in [4.69, 9.17) is 0 Å². The second-order valence-corrected chi connectivity index (χ2v) is 9.62. The molecule has 3 N–H and O–H groups in total. The summed E-state index contributed by atoms with van der Waals surface area (Å²) in [5.41, 5.74) is 0.919. The number of rotatable bonds is 8. The largest absolute Gasteiger partial charge is 0.357 e. The Kier molecular flexibility index (Phi) is 8.37. The molecule has 0 aromatic heterocycles. The highest BCUT2D eigenvalue weighted by atomic mass is 32.2. The fraction of sp³-hybridized carbons (Fsp3) is 0.409. The monoisotopic (exact) mass is 434 g/mol. The minimum atomic E-state index is -3.66. The van der Waals surface area contributed by atoms with Crippen LogP contribution in [0.25, 0.3) is 0 Å². The van der Waals surface area contributed by atoms with Crippen molar-refractivity contribution in [2.45, 2.75) is 51.1 Å². The lowest BCUT2D eigenvalue weighted by atomic mass is 10.1. The number of nitrogens with one attached hydrogen (secondary N) is 3. The number of hydrogen-bond acceptors (Lipinski definition) is 3. The summed E-state index contributed by atoms with van der Waals surface area (Å²) in [5, 5.41) is 6.35. The molecule has 2 rings (SSSR count). The first kappa shape index (κ1) is 23.8. The minimum Gasteiger partial charge on any atom is -0.357 e. The van der Waals surface area contributed by atoms with Gasteiger partial charge in [-0.25, -0.2) is 22.5 Å². The zero-order chi connectivity index (χ0) is 22.2. The van der Waals surface area contributed by atoms with Gasteiger partial charge in [-0.15, -0.1) is 0 Å². The molecule has 8 heteroatoms. The molecule has 0 unspecified atom stereocenters. The van der Waals surface area contributed by atoms with Crippen molar-refractivity contribution < 1.29 is 12.8 Å². The van der Waals surface area contributed by atoms with Crippen LogP contribution in [0.5, 0.6) is 0 Å². The van der Waals surface area contributed by atoms with E-state index in [1.807, 2.05) is 13.0 Å². The van der Waals surface area contributed by atoms with Crippen molar-refractivity contribution in [2.24, 2.45) is 4.99 Å². The van der Waals surface area contributed by atoms with Crippen LogP contribution in [-0.4, -0.2) is 33.0 Å². The number of aliphatic imine (C=N–C) groups is 1. The molecule has 0 amide bonds. The van der Waals surface area contributed by atoms with Crippen molar-refractivity contribution in [3.63, 3.8) is 0 Å². The van der Waals surface area contributed by atoms with Gasteiger partial charge in [-0.3, -0.25) is 0 Å². The highest BCUT2D eigenvalue weighted by molar-refractivity contribution is 7.89. The van der Waals surface area contributed by atoms with Crippen LogP contribution in [0.2, 0.25) is 0 Å². The van der Waals surface area contributed by atoms with Gasteiger partial charge in [-0.05, 0) is 63.4 Å². The van der Waals surface area contributed by atoms with Crippen molar-refractivity contribution in [2.75, 3.05) is 13.1 Å². The molecular weight excluding hydrogens is 403 g/mol. The molecule has 2 aromatic carbocycles. The summed E-state index contributed by atoms with van der Waals surface area (Å²) in [6, 6.07) is 13.3. The lowest BCUT2D eigenvalue weighted by molar-refractivity contribution is 0.491. The molecule has 2 aromatic rings. The second-order valence-electron chi connectivity index (χ2n) is 7.97. The van der Waals surface area contributed by atoms with Crippen LogP contribution in [0.4, 0.5) is 4.39 Å². The van der Waals surface area contributed by atoms with Gasteiger partial charge in [0.1, 0.15) is 5.82 Å². The number of benzene rings is 2. The zero-order valence-corrected chi connectivity index (χ0v) is 18.8. The Morgan fingerprint density at radius 1 is 1.07 bits per heavy atom. The highest BCUT2D eigenvalue weighted by Crippen LogP contribution is 2.18. The highest BCUT2D eigenvalue weighted by Gasteiger charge is 2.24. The molecular formula is C22H31FN4O2S. The summed E-state index contributed by atoms with van der Waals surface area (Å²) in [6.07, 6.45) is 0.642. The van der Waals surface area contributed by atoms with E-state index >= 15 is 0 Å². The van der Waals surface area contributed by atoms with Crippen LogP contribution >= 0.6 is 0 Å². The number of halogens is 1. The number of guanidine groups is 1. The minimum absolute atomic E-state index is 0.205. The molecule has 0 atom stereocenters. The average Bonchev–Trinajstić information content (AvgIpc) is 2.64. The summed E-state index contributed by atoms with van der Waals surface area (Å²) in [4.78, 5) is 4.75. The van der Waals surface area contributed by atoms with Gasteiger partial charge in [-0.1, -0.05) is 30.3 Å². The van der Waals surface area contributed by atoms with Crippen molar-refractivity contribution in [3.05, 3.63) is 65.5 Å². The number of sulfonamides is 1. The van der Waals surface area contributed by atoms with Gasteiger partial charge in [0.05, 0.1) is 11.4 Å². The van der Waals surface area contributed by atoms with Gasteiger partial charge >= 0.3 is 0 Å². The smallest absolute Gasteiger partial charge is 0.241 e. The summed E-state index contributed by atoms with van der Waals surface area (Å²) in [5.74, 6) is 0.319. The van der Waals surface area contributed by atoms with Crippen LogP contribution in [0.1, 0.15) is 38.8 Å². The lowest BCUT2D eigenvalue weighted by Crippen LogP contribution is -2.41. The molecule has 0 saturated carbocycles. The van der Waals surface area contributed by atoms with E-state index in [-0.39, 0.29) is 17.3 Å². The molecule has 30 heavy (non-hydrogen) atoms. The third kappa shape index (κ3) is 7.76. The van der Waals surface area contributed by atoms with E-state index < -0.39 is 15.6 Å². The Labute approximate surface area is 179 Å². The fourth-order valence-corrected chi connectivity index (χ4v) is 4.53. The predicted molar refractivity (Wildman–Crippen MR) is 119 cm³/mol. The second kappa shape index (κ2) is 10.5. The Morgan fingerprint density at radius 2 is 1.80 bits per heavy atom. The average molecular weight is 435 g/mol. The van der Waals surface area contributed by atoms with Crippen molar-refractivity contribution in [1.29, 1.82) is 0 Å². The maximum Gasteiger partial charge on any atom is 0.241 e. The molecule has 164 valence electrons. The summed E-state index contributed by atoms with van der Waals surface area (Å²) in [6.45, 7) is 8.80. The summed E-state index contributed by atoms with van der Waals surface area (Å²) in [7, 11) is -3.66. The van der Waals surface area contributed by atoms with E-state index in [1.54, 1.807) is 51.1 Å². The van der Waals surface area contributed by atoms with Gasteiger partial charge in [0.2, 0.25) is 10.0 Å². The van der Waals surface area contributed by atoms with Crippen LogP contribution in [0.15, 0.2) is 58.4 Å². The maximum absolute atomic E-state index is 13.3. The molecule has 0 bridgehead atoms. The van der Waals surface area contributed by atoms with E-state index in [9.17, 15) is 12.8 Å². The van der Waals surface area contributed by atoms with Crippen LogP contribution in [-0.2, 0) is 23.0 Å². The topological polar surface area (TPSA) is 82.6 Å². The summed E-state index contributed by atoms with van der Waals surface area (Å²) >= 11 is 0. The summed E-state index contributed by atoms with van der Waals surface area (Å²) < 4.78 is 41.5. The standard InChI is InChI=1S/C22H31FN4O2S/c1-5-24-21(25-14-13-17-9-8-11-19(23)15-17)26-16-18-10-6-7-12-20(18)30(28,29)27-22(2,3)4/h6-12,15,27H,5,13-14,16H2,1-4H3,(H2,24,25,26). The molecule has 0 aliphatic heterocycles. The normalized spacial score (nSPS) is 12.6. The molecule has 0 aliphatic rings. The molecule has 0 saturated heterocycles. The van der Waals surface area contributed by atoms with Gasteiger partial charge in [0.15, 0.2) is 5.96 Å². The first-order chi connectivity index (χ1) is 14.1. The van der Waals surface area contributed by atoms with Crippen LogP contribution in [0, 0.1) is 5.82 Å². The fourth-order valence-electron chi connectivity index (χ4n) is 2.88. The van der Waals surface area contributed by atoms with Crippen LogP contribution < -0.4 is 15.4 Å². The first-order valence-corrected chi connectivity index (χ1v) is 11.5.